The third-order valence-electron chi connectivity index (χ3n) is 4.15. The number of rotatable bonds is 6. The highest BCUT2D eigenvalue weighted by molar-refractivity contribution is 9.10. The first kappa shape index (κ1) is 21.5. The fourth-order valence-corrected chi connectivity index (χ4v) is 3.32. The maximum atomic E-state index is 13.2. The summed E-state index contributed by atoms with van der Waals surface area (Å²) >= 11 is 3.40. The number of carbonyl (C=O) groups is 3. The van der Waals surface area contributed by atoms with Gasteiger partial charge in [0.15, 0.2) is 0 Å². The molecule has 0 saturated carbocycles. The number of ether oxygens (including phenoxy) is 2. The van der Waals surface area contributed by atoms with Crippen LogP contribution in [0.5, 0.6) is 11.5 Å². The lowest BCUT2D eigenvalue weighted by Crippen LogP contribution is -2.54. The molecule has 3 rings (SSSR count). The first-order valence-electron chi connectivity index (χ1n) is 9.11. The number of hydrogen-bond acceptors (Lipinski definition) is 5. The molecule has 9 heteroatoms. The van der Waals surface area contributed by atoms with Crippen molar-refractivity contribution in [3.63, 3.8) is 0 Å². The maximum absolute atomic E-state index is 13.2. The van der Waals surface area contributed by atoms with Gasteiger partial charge in [0, 0.05) is 11.6 Å². The van der Waals surface area contributed by atoms with Crippen LogP contribution < -0.4 is 19.7 Å². The average Bonchev–Trinajstić information content (AvgIpc) is 2.70. The molecule has 0 aliphatic carbocycles. The van der Waals surface area contributed by atoms with Gasteiger partial charge in [0.05, 0.1) is 23.4 Å². The molecule has 156 valence electrons. The third kappa shape index (κ3) is 4.35. The minimum atomic E-state index is -0.910. The van der Waals surface area contributed by atoms with E-state index in [1.807, 2.05) is 6.92 Å². The van der Waals surface area contributed by atoms with Gasteiger partial charge in [-0.3, -0.25) is 14.9 Å². The van der Waals surface area contributed by atoms with Crippen molar-refractivity contribution < 1.29 is 28.2 Å². The van der Waals surface area contributed by atoms with Crippen LogP contribution in [0.2, 0.25) is 0 Å². The molecule has 1 heterocycles. The number of nitrogens with one attached hydrogen (secondary N) is 1. The number of carbonyl (C=O) groups excluding carboxylic acids is 3. The Morgan fingerprint density at radius 1 is 1.03 bits per heavy atom. The predicted molar refractivity (Wildman–Crippen MR) is 112 cm³/mol. The molecular weight excluding hydrogens is 459 g/mol. The molecule has 0 atom stereocenters. The largest absolute Gasteiger partial charge is 0.493 e. The number of urea groups is 1. The molecule has 1 fully saturated rings. The summed E-state index contributed by atoms with van der Waals surface area (Å²) in [5.41, 5.74) is 0.310. The Morgan fingerprint density at radius 3 is 2.30 bits per heavy atom. The van der Waals surface area contributed by atoms with Gasteiger partial charge in [0.25, 0.3) is 11.8 Å². The molecule has 0 unspecified atom stereocenters. The fraction of sp³-hybridized carbons (Fsp3) is 0.190. The quantitative estimate of drug-likeness (QED) is 0.502. The number of anilines is 1. The molecule has 0 bridgehead atoms. The first-order valence-corrected chi connectivity index (χ1v) is 9.91. The highest BCUT2D eigenvalue weighted by Crippen LogP contribution is 2.35. The normalized spacial score (nSPS) is 15.4. The van der Waals surface area contributed by atoms with E-state index in [4.69, 9.17) is 9.47 Å². The van der Waals surface area contributed by atoms with Gasteiger partial charge in [-0.05, 0) is 66.2 Å². The summed E-state index contributed by atoms with van der Waals surface area (Å²) < 4.78 is 25.0. The van der Waals surface area contributed by atoms with E-state index in [1.54, 1.807) is 19.1 Å². The molecule has 1 aliphatic heterocycles. The molecule has 30 heavy (non-hydrogen) atoms. The molecule has 0 aromatic heterocycles. The van der Waals surface area contributed by atoms with E-state index in [9.17, 15) is 18.8 Å². The smallest absolute Gasteiger partial charge is 0.335 e. The van der Waals surface area contributed by atoms with E-state index in [0.717, 1.165) is 17.0 Å². The molecule has 2 aromatic carbocycles. The molecule has 1 saturated heterocycles. The van der Waals surface area contributed by atoms with E-state index < -0.39 is 23.7 Å². The lowest BCUT2D eigenvalue weighted by molar-refractivity contribution is -0.122. The number of hydrogen-bond donors (Lipinski definition) is 1. The fourth-order valence-electron chi connectivity index (χ4n) is 2.85. The van der Waals surface area contributed by atoms with Crippen LogP contribution in [0.25, 0.3) is 6.08 Å². The molecular formula is C21H18BrFN2O5. The molecule has 2 aromatic rings. The van der Waals surface area contributed by atoms with Crippen LogP contribution in [-0.2, 0) is 9.59 Å². The Labute approximate surface area is 180 Å². The van der Waals surface area contributed by atoms with Crippen molar-refractivity contribution in [3.8, 4) is 11.5 Å². The Hall–Kier alpha value is -3.20. The van der Waals surface area contributed by atoms with Gasteiger partial charge in [-0.1, -0.05) is 0 Å². The average molecular weight is 477 g/mol. The van der Waals surface area contributed by atoms with Gasteiger partial charge < -0.3 is 9.47 Å². The summed E-state index contributed by atoms with van der Waals surface area (Å²) in [5.74, 6) is -1.23. The van der Waals surface area contributed by atoms with Crippen LogP contribution in [0.15, 0.2) is 46.4 Å². The highest BCUT2D eigenvalue weighted by Gasteiger charge is 2.37. The van der Waals surface area contributed by atoms with Crippen LogP contribution in [0, 0.1) is 5.82 Å². The van der Waals surface area contributed by atoms with E-state index in [2.05, 4.69) is 21.2 Å². The van der Waals surface area contributed by atoms with Crippen LogP contribution in [0.1, 0.15) is 19.4 Å². The zero-order valence-electron chi connectivity index (χ0n) is 16.2. The number of amides is 4. The highest BCUT2D eigenvalue weighted by atomic mass is 79.9. The maximum Gasteiger partial charge on any atom is 0.335 e. The van der Waals surface area contributed by atoms with Crippen molar-refractivity contribution in [1.29, 1.82) is 0 Å². The Balaban J connectivity index is 2.05. The topological polar surface area (TPSA) is 84.9 Å². The van der Waals surface area contributed by atoms with E-state index in [0.29, 0.717) is 34.7 Å². The van der Waals surface area contributed by atoms with Crippen LogP contribution in [0.3, 0.4) is 0 Å². The monoisotopic (exact) mass is 476 g/mol. The predicted octanol–water partition coefficient (Wildman–Crippen LogP) is 4.05. The Kier molecular flexibility index (Phi) is 6.51. The number of barbiturate groups is 1. The van der Waals surface area contributed by atoms with Gasteiger partial charge in [-0.15, -0.1) is 0 Å². The zero-order valence-corrected chi connectivity index (χ0v) is 17.8. The second-order valence-corrected chi connectivity index (χ2v) is 6.98. The second-order valence-electron chi connectivity index (χ2n) is 6.12. The SMILES string of the molecule is CCOc1cc(OCC)c(/C=C2\C(=O)NC(=O)N(c3ccc(F)cc3)C2=O)cc1Br. The van der Waals surface area contributed by atoms with Crippen molar-refractivity contribution in [3.05, 3.63) is 57.8 Å². The number of imide groups is 2. The summed E-state index contributed by atoms with van der Waals surface area (Å²) in [6.45, 7) is 4.44. The Morgan fingerprint density at radius 2 is 1.67 bits per heavy atom. The molecule has 0 radical (unpaired) electrons. The second kappa shape index (κ2) is 9.08. The van der Waals surface area contributed by atoms with Gasteiger partial charge >= 0.3 is 6.03 Å². The Bertz CT molecular complexity index is 1040. The van der Waals surface area contributed by atoms with Crippen molar-refractivity contribution in [1.82, 2.24) is 5.32 Å². The van der Waals surface area contributed by atoms with Crippen LogP contribution in [0.4, 0.5) is 14.9 Å². The van der Waals surface area contributed by atoms with Gasteiger partial charge in [0.1, 0.15) is 22.9 Å². The number of nitrogens with zero attached hydrogens (tertiary/aromatic N) is 1. The number of benzene rings is 2. The van der Waals surface area contributed by atoms with Crippen LogP contribution in [-0.4, -0.2) is 31.1 Å². The van der Waals surface area contributed by atoms with Crippen molar-refractivity contribution in [2.45, 2.75) is 13.8 Å². The third-order valence-corrected chi connectivity index (χ3v) is 4.77. The molecule has 7 nitrogen and oxygen atoms in total. The van der Waals surface area contributed by atoms with Gasteiger partial charge in [-0.25, -0.2) is 14.1 Å². The molecule has 4 amide bonds. The van der Waals surface area contributed by atoms with Crippen LogP contribution >= 0.6 is 15.9 Å². The van der Waals surface area contributed by atoms with Gasteiger partial charge in [-0.2, -0.15) is 0 Å². The summed E-state index contributed by atoms with van der Waals surface area (Å²) in [6, 6.07) is 7.18. The van der Waals surface area contributed by atoms with Crippen molar-refractivity contribution in [2.24, 2.45) is 0 Å². The van der Waals surface area contributed by atoms with E-state index >= 15 is 0 Å². The number of halogens is 2. The summed E-state index contributed by atoms with van der Waals surface area (Å²) in [6.07, 6.45) is 1.34. The summed E-state index contributed by atoms with van der Waals surface area (Å²) in [5, 5.41) is 2.13. The standard InChI is InChI=1S/C21H18BrFN2O5/c1-3-29-17-11-18(30-4-2)16(22)10-12(17)9-15-19(26)24-21(28)25(20(15)27)14-7-5-13(23)6-8-14/h5-11H,3-4H2,1-2H3,(H,24,26,28)/b15-9+. The molecule has 0 spiro atoms. The molecule has 1 aliphatic rings. The van der Waals surface area contributed by atoms with Crippen molar-refractivity contribution >= 4 is 45.5 Å². The van der Waals surface area contributed by atoms with Gasteiger partial charge in [0.2, 0.25) is 0 Å². The summed E-state index contributed by atoms with van der Waals surface area (Å²) in [4.78, 5) is 38.4. The van der Waals surface area contributed by atoms with Crippen molar-refractivity contribution in [2.75, 3.05) is 18.1 Å². The minimum Gasteiger partial charge on any atom is -0.493 e. The van der Waals surface area contributed by atoms with E-state index in [-0.39, 0.29) is 11.3 Å². The first-order chi connectivity index (χ1) is 14.3. The van der Waals surface area contributed by atoms with E-state index in [1.165, 1.54) is 18.2 Å². The molecule has 1 N–H and O–H groups in total. The lowest BCUT2D eigenvalue weighted by atomic mass is 10.1. The minimum absolute atomic E-state index is 0.134. The lowest BCUT2D eigenvalue weighted by Gasteiger charge is -2.26. The summed E-state index contributed by atoms with van der Waals surface area (Å²) in [7, 11) is 0. The zero-order chi connectivity index (χ0) is 21.8.